The van der Waals surface area contributed by atoms with Crippen molar-refractivity contribution in [1.82, 2.24) is 0 Å². The van der Waals surface area contributed by atoms with Gasteiger partial charge in [-0.15, -0.1) is 0 Å². The second-order valence-electron chi connectivity index (χ2n) is 10.7. The van der Waals surface area contributed by atoms with Crippen molar-refractivity contribution in [3.05, 3.63) is 11.1 Å². The third-order valence-corrected chi connectivity index (χ3v) is 7.33. The SMILES string of the molecule is CC(=O)CCC1=C(C)C[C@@H](O[C@@H]2O[C@H](CO[C@@H]3OC[C@](O)(CO)[C@H]3O)[C@@H](O)[C@H](O)[C@H]2O)CC1(C)C. The van der Waals surface area contributed by atoms with Gasteiger partial charge >= 0.3 is 0 Å². The zero-order valence-electron chi connectivity index (χ0n) is 20.8. The van der Waals surface area contributed by atoms with Crippen molar-refractivity contribution < 1.29 is 54.4 Å². The molecule has 6 N–H and O–H groups in total. The predicted molar refractivity (Wildman–Crippen MR) is 121 cm³/mol. The van der Waals surface area contributed by atoms with Gasteiger partial charge in [-0.05, 0) is 38.5 Å². The van der Waals surface area contributed by atoms with Crippen molar-refractivity contribution in [3.63, 3.8) is 0 Å². The Balaban J connectivity index is 1.63. The lowest BCUT2D eigenvalue weighted by Gasteiger charge is -2.44. The van der Waals surface area contributed by atoms with Crippen molar-refractivity contribution >= 4 is 5.78 Å². The first-order chi connectivity index (χ1) is 16.3. The molecule has 2 fully saturated rings. The molecule has 11 nitrogen and oxygen atoms in total. The van der Waals surface area contributed by atoms with Gasteiger partial charge in [-0.25, -0.2) is 0 Å². The fraction of sp³-hybridized carbons (Fsp3) is 0.875. The van der Waals surface area contributed by atoms with Crippen molar-refractivity contribution in [2.45, 2.75) is 108 Å². The molecule has 0 aromatic rings. The molecule has 2 aliphatic heterocycles. The number of aliphatic hydroxyl groups is 6. The zero-order valence-corrected chi connectivity index (χ0v) is 20.8. The highest BCUT2D eigenvalue weighted by molar-refractivity contribution is 5.75. The molecule has 0 radical (unpaired) electrons. The maximum atomic E-state index is 11.5. The minimum atomic E-state index is -1.86. The molecule has 0 unspecified atom stereocenters. The van der Waals surface area contributed by atoms with E-state index in [1.54, 1.807) is 6.92 Å². The highest BCUT2D eigenvalue weighted by atomic mass is 16.7. The normalized spacial score (nSPS) is 41.9. The first-order valence-corrected chi connectivity index (χ1v) is 12.1. The number of hydrogen-bond donors (Lipinski definition) is 6. The monoisotopic (exact) mass is 504 g/mol. The Morgan fingerprint density at radius 2 is 1.80 bits per heavy atom. The lowest BCUT2D eigenvalue weighted by atomic mass is 9.70. The molecule has 0 spiro atoms. The molecular weight excluding hydrogens is 464 g/mol. The summed E-state index contributed by atoms with van der Waals surface area (Å²) >= 11 is 0. The molecule has 2 heterocycles. The molecule has 35 heavy (non-hydrogen) atoms. The van der Waals surface area contributed by atoms with Gasteiger partial charge in [0.1, 0.15) is 41.9 Å². The number of aliphatic hydroxyl groups excluding tert-OH is 5. The number of hydrogen-bond acceptors (Lipinski definition) is 11. The molecule has 2 saturated heterocycles. The van der Waals surface area contributed by atoms with Crippen LogP contribution in [-0.2, 0) is 23.7 Å². The number of carbonyl (C=O) groups is 1. The van der Waals surface area contributed by atoms with Crippen molar-refractivity contribution in [2.75, 3.05) is 19.8 Å². The number of Topliss-reactive ketones (excluding diaryl/α,β-unsaturated/α-hetero) is 1. The molecule has 0 bridgehead atoms. The molecule has 0 saturated carbocycles. The minimum Gasteiger partial charge on any atom is -0.393 e. The van der Waals surface area contributed by atoms with Crippen molar-refractivity contribution in [2.24, 2.45) is 5.41 Å². The number of ketones is 1. The molecule has 9 atom stereocenters. The van der Waals surface area contributed by atoms with Crippen LogP contribution < -0.4 is 0 Å². The Kier molecular flexibility index (Phi) is 9.13. The molecular formula is C24H40O11. The van der Waals surface area contributed by atoms with Crippen LogP contribution in [0.5, 0.6) is 0 Å². The Morgan fingerprint density at radius 3 is 2.37 bits per heavy atom. The van der Waals surface area contributed by atoms with E-state index in [9.17, 15) is 35.4 Å². The summed E-state index contributed by atoms with van der Waals surface area (Å²) in [5.41, 5.74) is 0.238. The fourth-order valence-electron chi connectivity index (χ4n) is 5.24. The summed E-state index contributed by atoms with van der Waals surface area (Å²) in [4.78, 5) is 11.5. The third kappa shape index (κ3) is 6.30. The first kappa shape index (κ1) is 28.6. The van der Waals surface area contributed by atoms with Gasteiger partial charge < -0.3 is 54.4 Å². The van der Waals surface area contributed by atoms with E-state index in [4.69, 9.17) is 18.9 Å². The van der Waals surface area contributed by atoms with E-state index >= 15 is 0 Å². The Labute approximate surface area is 205 Å². The second-order valence-corrected chi connectivity index (χ2v) is 10.7. The highest BCUT2D eigenvalue weighted by Gasteiger charge is 2.50. The van der Waals surface area contributed by atoms with Crippen LogP contribution in [0, 0.1) is 5.41 Å². The topological polar surface area (TPSA) is 175 Å². The van der Waals surface area contributed by atoms with E-state index in [1.807, 2.05) is 6.92 Å². The summed E-state index contributed by atoms with van der Waals surface area (Å²) in [6.07, 6.45) is -7.67. The van der Waals surface area contributed by atoms with Gasteiger partial charge in [0, 0.05) is 6.42 Å². The van der Waals surface area contributed by atoms with E-state index in [-0.39, 0.29) is 30.5 Å². The maximum absolute atomic E-state index is 11.5. The lowest BCUT2D eigenvalue weighted by Crippen LogP contribution is -2.60. The molecule has 11 heteroatoms. The van der Waals surface area contributed by atoms with Crippen LogP contribution in [0.4, 0.5) is 0 Å². The van der Waals surface area contributed by atoms with Gasteiger partial charge in [-0.2, -0.15) is 0 Å². The summed E-state index contributed by atoms with van der Waals surface area (Å²) in [6.45, 7) is 6.34. The average Bonchev–Trinajstić information content (AvgIpc) is 3.06. The van der Waals surface area contributed by atoms with Crippen LogP contribution in [-0.4, -0.2) is 111 Å². The molecule has 3 aliphatic rings. The van der Waals surface area contributed by atoms with Crippen molar-refractivity contribution in [1.29, 1.82) is 0 Å². The summed E-state index contributed by atoms with van der Waals surface area (Å²) in [6, 6.07) is 0. The van der Waals surface area contributed by atoms with E-state index in [2.05, 4.69) is 13.8 Å². The first-order valence-electron chi connectivity index (χ1n) is 12.1. The summed E-state index contributed by atoms with van der Waals surface area (Å²) in [7, 11) is 0. The molecule has 202 valence electrons. The van der Waals surface area contributed by atoms with Crippen LogP contribution in [0.25, 0.3) is 0 Å². The van der Waals surface area contributed by atoms with Crippen LogP contribution >= 0.6 is 0 Å². The predicted octanol–water partition coefficient (Wildman–Crippen LogP) is -0.858. The van der Waals surface area contributed by atoms with Crippen LogP contribution in [0.1, 0.15) is 53.4 Å². The summed E-state index contributed by atoms with van der Waals surface area (Å²) in [5, 5.41) is 60.7. The Hall–Kier alpha value is -0.990. The lowest BCUT2D eigenvalue weighted by molar-refractivity contribution is -0.320. The van der Waals surface area contributed by atoms with Crippen molar-refractivity contribution in [3.8, 4) is 0 Å². The highest BCUT2D eigenvalue weighted by Crippen LogP contribution is 2.44. The molecule has 0 aromatic heterocycles. The maximum Gasteiger partial charge on any atom is 0.186 e. The fourth-order valence-corrected chi connectivity index (χ4v) is 5.24. The number of allylic oxidation sites excluding steroid dienone is 1. The average molecular weight is 505 g/mol. The van der Waals surface area contributed by atoms with Gasteiger partial charge in [0.05, 0.1) is 25.9 Å². The van der Waals surface area contributed by atoms with E-state index < -0.39 is 55.3 Å². The van der Waals surface area contributed by atoms with Gasteiger partial charge in [-0.1, -0.05) is 25.0 Å². The molecule has 3 rings (SSSR count). The molecule has 0 amide bonds. The standard InChI is InChI=1S/C24H40O11/c1-12-7-14(8-23(3,4)15(12)6-5-13(2)26)34-21-19(29)18(28)17(27)16(35-21)9-32-22-20(30)24(31,10-25)11-33-22/h14,16-22,25,27-31H,5-11H2,1-4H3/t14-,16-,17-,18+,19-,20+,21-,22-,24-/m1/s1. The van der Waals surface area contributed by atoms with Gasteiger partial charge in [0.15, 0.2) is 12.6 Å². The molecule has 1 aliphatic carbocycles. The van der Waals surface area contributed by atoms with E-state index in [1.165, 1.54) is 5.57 Å². The van der Waals surface area contributed by atoms with Gasteiger partial charge in [0.25, 0.3) is 0 Å². The minimum absolute atomic E-state index is 0.135. The summed E-state index contributed by atoms with van der Waals surface area (Å²) < 4.78 is 22.4. The smallest absolute Gasteiger partial charge is 0.186 e. The van der Waals surface area contributed by atoms with Crippen LogP contribution in [0.3, 0.4) is 0 Å². The van der Waals surface area contributed by atoms with Crippen LogP contribution in [0.2, 0.25) is 0 Å². The second kappa shape index (κ2) is 11.2. The van der Waals surface area contributed by atoms with Gasteiger partial charge in [-0.3, -0.25) is 0 Å². The number of ether oxygens (including phenoxy) is 4. The quantitative estimate of drug-likeness (QED) is 0.216. The number of rotatable bonds is 9. The van der Waals surface area contributed by atoms with Crippen LogP contribution in [0.15, 0.2) is 11.1 Å². The Morgan fingerprint density at radius 1 is 1.11 bits per heavy atom. The number of carbonyl (C=O) groups excluding carboxylic acids is 1. The summed E-state index contributed by atoms with van der Waals surface area (Å²) in [5.74, 6) is 0.135. The Bertz CT molecular complexity index is 783. The largest absolute Gasteiger partial charge is 0.393 e. The zero-order chi connectivity index (χ0) is 26.1. The third-order valence-electron chi connectivity index (χ3n) is 7.33. The van der Waals surface area contributed by atoms with Gasteiger partial charge in [0.2, 0.25) is 0 Å². The molecule has 0 aromatic carbocycles. The van der Waals surface area contributed by atoms with E-state index in [0.29, 0.717) is 25.7 Å². The van der Waals surface area contributed by atoms with E-state index in [0.717, 1.165) is 5.57 Å².